The summed E-state index contributed by atoms with van der Waals surface area (Å²) in [5.41, 5.74) is 0. The number of hydrogen-bond acceptors (Lipinski definition) is 2. The minimum Gasteiger partial charge on any atom is -0.303 e. The number of hydrogen-bond donors (Lipinski definition) is 0. The van der Waals surface area contributed by atoms with E-state index in [0.29, 0.717) is 6.42 Å². The van der Waals surface area contributed by atoms with E-state index >= 15 is 0 Å². The highest BCUT2D eigenvalue weighted by Gasteiger charge is 2.16. The normalized spacial score (nSPS) is 12.8. The zero-order valence-electron chi connectivity index (χ0n) is 24.2. The molecule has 0 fully saturated rings. The molecule has 0 rings (SSSR count). The van der Waals surface area contributed by atoms with Crippen molar-refractivity contribution in [2.45, 2.75) is 162 Å². The lowest BCUT2D eigenvalue weighted by Gasteiger charge is -2.09. The van der Waals surface area contributed by atoms with Gasteiger partial charge in [-0.1, -0.05) is 140 Å². The predicted molar refractivity (Wildman–Crippen MR) is 160 cm³/mol. The first-order valence-electron chi connectivity index (χ1n) is 15.7. The second-order valence-electron chi connectivity index (χ2n) is 10.5. The zero-order valence-corrected chi connectivity index (χ0v) is 24.2. The van der Waals surface area contributed by atoms with Crippen LogP contribution >= 0.6 is 0 Å². The quantitative estimate of drug-likeness (QED) is 0.0352. The van der Waals surface area contributed by atoms with Gasteiger partial charge in [-0.2, -0.15) is 0 Å². The lowest BCUT2D eigenvalue weighted by Crippen LogP contribution is -2.15. The molecule has 36 heavy (non-hydrogen) atoms. The van der Waals surface area contributed by atoms with Crippen molar-refractivity contribution >= 4 is 12.1 Å². The first-order chi connectivity index (χ1) is 17.8. The molecule has 0 bridgehead atoms. The number of rotatable bonds is 28. The number of ketones is 1. The third kappa shape index (κ3) is 25.6. The molecule has 1 unspecified atom stereocenters. The maximum Gasteiger partial charge on any atom is 0.143 e. The Labute approximate surface area is 225 Å². The highest BCUT2D eigenvalue weighted by molar-refractivity contribution is 5.93. The maximum atomic E-state index is 12.4. The Balaban J connectivity index is 3.54. The second kappa shape index (κ2) is 29.8. The van der Waals surface area contributed by atoms with Gasteiger partial charge < -0.3 is 4.79 Å². The van der Waals surface area contributed by atoms with Gasteiger partial charge in [-0.3, -0.25) is 4.79 Å². The standard InChI is InChI=1S/C34H60O2/c1-3-5-7-9-11-13-15-17-19-20-22-24-26-28-30-33(32-35)34(36)31-29-27-25-23-21-18-16-14-12-10-8-6-4-2/h9-12,14,16,32-33H,3-8,13,15,17-31H2,1-2H3. The molecule has 2 nitrogen and oxygen atoms in total. The van der Waals surface area contributed by atoms with E-state index < -0.39 is 0 Å². The van der Waals surface area contributed by atoms with Crippen molar-refractivity contribution in [1.82, 2.24) is 0 Å². The summed E-state index contributed by atoms with van der Waals surface area (Å²) in [7, 11) is 0. The molecule has 0 saturated heterocycles. The van der Waals surface area contributed by atoms with E-state index in [2.05, 4.69) is 50.3 Å². The van der Waals surface area contributed by atoms with Crippen LogP contribution in [0.15, 0.2) is 36.5 Å². The largest absolute Gasteiger partial charge is 0.303 e. The fraction of sp³-hybridized carbons (Fsp3) is 0.765. The first kappa shape index (κ1) is 34.6. The molecule has 208 valence electrons. The summed E-state index contributed by atoms with van der Waals surface area (Å²) in [5, 5.41) is 0. The molecule has 0 spiro atoms. The Bertz CT molecular complexity index is 558. The predicted octanol–water partition coefficient (Wildman–Crippen LogP) is 11.1. The van der Waals surface area contributed by atoms with Gasteiger partial charge in [0.25, 0.3) is 0 Å². The number of allylic oxidation sites excluding steroid dienone is 6. The third-order valence-corrected chi connectivity index (χ3v) is 7.01. The van der Waals surface area contributed by atoms with E-state index in [0.717, 1.165) is 44.8 Å². The van der Waals surface area contributed by atoms with Gasteiger partial charge in [0, 0.05) is 6.42 Å². The summed E-state index contributed by atoms with van der Waals surface area (Å²) >= 11 is 0. The summed E-state index contributed by atoms with van der Waals surface area (Å²) < 4.78 is 0. The monoisotopic (exact) mass is 500 g/mol. The van der Waals surface area contributed by atoms with Gasteiger partial charge in [0.2, 0.25) is 0 Å². The highest BCUT2D eigenvalue weighted by Crippen LogP contribution is 2.16. The van der Waals surface area contributed by atoms with Crippen LogP contribution in [0.2, 0.25) is 0 Å². The van der Waals surface area contributed by atoms with Crippen molar-refractivity contribution in [3.05, 3.63) is 36.5 Å². The van der Waals surface area contributed by atoms with Gasteiger partial charge in [0.1, 0.15) is 12.1 Å². The molecule has 0 aromatic heterocycles. The van der Waals surface area contributed by atoms with Crippen LogP contribution in [-0.2, 0) is 9.59 Å². The van der Waals surface area contributed by atoms with E-state index in [9.17, 15) is 9.59 Å². The van der Waals surface area contributed by atoms with Crippen LogP contribution in [0.5, 0.6) is 0 Å². The fourth-order valence-electron chi connectivity index (χ4n) is 4.50. The van der Waals surface area contributed by atoms with E-state index in [-0.39, 0.29) is 11.7 Å². The molecule has 0 amide bonds. The molecule has 0 aromatic carbocycles. The van der Waals surface area contributed by atoms with Crippen LogP contribution in [0.1, 0.15) is 162 Å². The average Bonchev–Trinajstić information content (AvgIpc) is 2.89. The smallest absolute Gasteiger partial charge is 0.143 e. The summed E-state index contributed by atoms with van der Waals surface area (Å²) in [4.78, 5) is 23.8. The molecule has 0 radical (unpaired) electrons. The van der Waals surface area contributed by atoms with Crippen molar-refractivity contribution in [3.8, 4) is 0 Å². The summed E-state index contributed by atoms with van der Waals surface area (Å²) in [6.07, 6.45) is 41.4. The van der Waals surface area contributed by atoms with Gasteiger partial charge in [-0.15, -0.1) is 0 Å². The Morgan fingerprint density at radius 1 is 0.528 bits per heavy atom. The minimum atomic E-state index is -0.356. The van der Waals surface area contributed by atoms with Gasteiger partial charge in [0.15, 0.2) is 0 Å². The number of unbranched alkanes of at least 4 members (excludes halogenated alkanes) is 17. The lowest BCUT2D eigenvalue weighted by molar-refractivity contribution is -0.127. The van der Waals surface area contributed by atoms with Crippen molar-refractivity contribution in [1.29, 1.82) is 0 Å². The first-order valence-corrected chi connectivity index (χ1v) is 15.7. The van der Waals surface area contributed by atoms with Crippen LogP contribution in [0, 0.1) is 5.92 Å². The summed E-state index contributed by atoms with van der Waals surface area (Å²) in [5.74, 6) is -0.183. The van der Waals surface area contributed by atoms with E-state index in [1.807, 2.05) is 0 Å². The highest BCUT2D eigenvalue weighted by atomic mass is 16.1. The summed E-state index contributed by atoms with van der Waals surface area (Å²) in [6.45, 7) is 4.47. The molecular formula is C34H60O2. The average molecular weight is 501 g/mol. The Kier molecular flexibility index (Phi) is 28.6. The Hall–Kier alpha value is -1.44. The Morgan fingerprint density at radius 2 is 0.944 bits per heavy atom. The van der Waals surface area contributed by atoms with Crippen LogP contribution in [-0.4, -0.2) is 12.1 Å². The van der Waals surface area contributed by atoms with Gasteiger partial charge in [-0.05, 0) is 51.4 Å². The van der Waals surface area contributed by atoms with Gasteiger partial charge in [0.05, 0.1) is 5.92 Å². The van der Waals surface area contributed by atoms with Crippen LogP contribution < -0.4 is 0 Å². The van der Waals surface area contributed by atoms with E-state index in [1.165, 1.54) is 103 Å². The zero-order chi connectivity index (χ0) is 26.4. The maximum absolute atomic E-state index is 12.4. The van der Waals surface area contributed by atoms with E-state index in [4.69, 9.17) is 0 Å². The van der Waals surface area contributed by atoms with E-state index in [1.54, 1.807) is 0 Å². The number of carbonyl (C=O) groups is 2. The number of Topliss-reactive ketones (excluding diaryl/α,β-unsaturated/α-hetero) is 1. The third-order valence-electron chi connectivity index (χ3n) is 7.01. The molecule has 0 aliphatic rings. The van der Waals surface area contributed by atoms with Crippen LogP contribution in [0.25, 0.3) is 0 Å². The molecule has 0 aliphatic carbocycles. The SMILES string of the molecule is CCCCC=CC=CCCCCCCCC(=O)C(C=O)CCCCCCCCCCC=CCCCC. The molecule has 2 heteroatoms. The van der Waals surface area contributed by atoms with Crippen molar-refractivity contribution < 1.29 is 9.59 Å². The van der Waals surface area contributed by atoms with Gasteiger partial charge in [-0.25, -0.2) is 0 Å². The lowest BCUT2D eigenvalue weighted by atomic mass is 9.94. The molecule has 0 N–H and O–H groups in total. The Morgan fingerprint density at radius 3 is 1.47 bits per heavy atom. The van der Waals surface area contributed by atoms with Crippen molar-refractivity contribution in [3.63, 3.8) is 0 Å². The molecule has 1 atom stereocenters. The minimum absolute atomic E-state index is 0.173. The fourth-order valence-corrected chi connectivity index (χ4v) is 4.50. The van der Waals surface area contributed by atoms with Gasteiger partial charge >= 0.3 is 0 Å². The topological polar surface area (TPSA) is 34.1 Å². The molecular weight excluding hydrogens is 440 g/mol. The van der Waals surface area contributed by atoms with Crippen LogP contribution in [0.3, 0.4) is 0 Å². The molecule has 0 aromatic rings. The second-order valence-corrected chi connectivity index (χ2v) is 10.5. The molecule has 0 saturated carbocycles. The van der Waals surface area contributed by atoms with Crippen LogP contribution in [0.4, 0.5) is 0 Å². The number of carbonyl (C=O) groups excluding carboxylic acids is 2. The van der Waals surface area contributed by atoms with Crippen molar-refractivity contribution in [2.24, 2.45) is 5.92 Å². The molecule has 0 heterocycles. The summed E-state index contributed by atoms with van der Waals surface area (Å²) in [6, 6.07) is 0. The van der Waals surface area contributed by atoms with Crippen molar-refractivity contribution in [2.75, 3.05) is 0 Å². The molecule has 0 aliphatic heterocycles. The number of aldehydes is 1.